The van der Waals surface area contributed by atoms with E-state index in [1.165, 1.54) is 23.1 Å². The molecule has 0 radical (unpaired) electrons. The summed E-state index contributed by atoms with van der Waals surface area (Å²) in [6.07, 6.45) is 7.34. The van der Waals surface area contributed by atoms with Crippen molar-refractivity contribution in [2.24, 2.45) is 17.3 Å². The number of hydrogen-bond donors (Lipinski definition) is 1. The lowest BCUT2D eigenvalue weighted by molar-refractivity contribution is -0.0158. The Labute approximate surface area is 183 Å². The maximum Gasteiger partial charge on any atom is 0.231 e. The van der Waals surface area contributed by atoms with Gasteiger partial charge in [0.15, 0.2) is 11.5 Å². The van der Waals surface area contributed by atoms with Gasteiger partial charge in [-0.25, -0.2) is 0 Å². The molecule has 1 heterocycles. The first-order valence-corrected chi connectivity index (χ1v) is 11.5. The van der Waals surface area contributed by atoms with Gasteiger partial charge in [-0.1, -0.05) is 25.1 Å². The summed E-state index contributed by atoms with van der Waals surface area (Å²) in [6, 6.07) is 12.7. The van der Waals surface area contributed by atoms with E-state index in [-0.39, 0.29) is 18.3 Å². The highest BCUT2D eigenvalue weighted by Gasteiger charge is 2.56. The maximum absolute atomic E-state index is 11.4. The van der Waals surface area contributed by atoms with Crippen molar-refractivity contribution in [1.82, 2.24) is 0 Å². The van der Waals surface area contributed by atoms with Crippen LogP contribution in [0.3, 0.4) is 0 Å². The van der Waals surface area contributed by atoms with Gasteiger partial charge in [0, 0.05) is 5.41 Å². The molecule has 0 amide bonds. The van der Waals surface area contributed by atoms with E-state index in [9.17, 15) is 5.11 Å². The third kappa shape index (κ3) is 2.91. The Balaban J connectivity index is 1.31. The number of rotatable bonds is 2. The fourth-order valence-corrected chi connectivity index (χ4v) is 6.90. The molecule has 2 saturated carbocycles. The highest BCUT2D eigenvalue weighted by molar-refractivity contribution is 5.60. The van der Waals surface area contributed by atoms with Gasteiger partial charge in [-0.3, -0.25) is 0 Å². The van der Waals surface area contributed by atoms with Gasteiger partial charge in [0.1, 0.15) is 5.75 Å². The summed E-state index contributed by atoms with van der Waals surface area (Å²) in [4.78, 5) is 0. The largest absolute Gasteiger partial charge is 0.497 e. The molecular formula is C27H30O4. The summed E-state index contributed by atoms with van der Waals surface area (Å²) in [7, 11) is 1.74. The Morgan fingerprint density at radius 1 is 1.10 bits per heavy atom. The molecule has 1 N–H and O–H groups in total. The van der Waals surface area contributed by atoms with E-state index in [1.54, 1.807) is 7.11 Å². The van der Waals surface area contributed by atoms with Gasteiger partial charge in [-0.15, -0.1) is 0 Å². The Morgan fingerprint density at radius 2 is 1.97 bits per heavy atom. The van der Waals surface area contributed by atoms with E-state index < -0.39 is 0 Å². The molecule has 2 fully saturated rings. The number of methoxy groups -OCH3 is 1. The number of aryl methyl sites for hydroxylation is 1. The van der Waals surface area contributed by atoms with Crippen molar-refractivity contribution in [2.45, 2.75) is 51.0 Å². The second-order valence-corrected chi connectivity index (χ2v) is 9.96. The van der Waals surface area contributed by atoms with Crippen LogP contribution in [0.25, 0.3) is 6.08 Å². The summed E-state index contributed by atoms with van der Waals surface area (Å²) in [5.74, 6) is 4.32. The molecular weight excluding hydrogens is 388 g/mol. The molecule has 5 atom stereocenters. The molecule has 4 aliphatic rings. The molecule has 2 aromatic rings. The second-order valence-electron chi connectivity index (χ2n) is 9.96. The van der Waals surface area contributed by atoms with Crippen LogP contribution in [0, 0.1) is 17.3 Å². The molecule has 0 bridgehead atoms. The van der Waals surface area contributed by atoms with Gasteiger partial charge in [0.2, 0.25) is 6.79 Å². The summed E-state index contributed by atoms with van der Waals surface area (Å²) < 4.78 is 16.4. The van der Waals surface area contributed by atoms with Crippen molar-refractivity contribution in [3.63, 3.8) is 0 Å². The lowest BCUT2D eigenvalue weighted by atomic mass is 9.55. The minimum atomic E-state index is -0.374. The summed E-state index contributed by atoms with van der Waals surface area (Å²) in [5, 5.41) is 11.4. The van der Waals surface area contributed by atoms with Gasteiger partial charge in [0.25, 0.3) is 0 Å². The zero-order valence-corrected chi connectivity index (χ0v) is 18.3. The van der Waals surface area contributed by atoms with Gasteiger partial charge < -0.3 is 19.3 Å². The van der Waals surface area contributed by atoms with E-state index in [0.29, 0.717) is 17.8 Å². The minimum Gasteiger partial charge on any atom is -0.497 e. The van der Waals surface area contributed by atoms with Gasteiger partial charge in [-0.2, -0.15) is 0 Å². The number of benzene rings is 2. The van der Waals surface area contributed by atoms with Crippen molar-refractivity contribution < 1.29 is 19.3 Å². The normalized spacial score (nSPS) is 34.2. The molecule has 0 unspecified atom stereocenters. The standard InChI is InChI=1S/C27H30O4/c1-27-10-9-21-20-7-5-19(29-2)13-17(20)4-6-22(21)23(27)14-18(26(27)28)11-16-3-8-24-25(12-16)31-15-30-24/h3,5,7-8,11-13,21-23,26,28H,4,6,9-10,14-15H2,1-2H3/b18-11+/t21-,22-,23-,26-,27+/m0/s1. The van der Waals surface area contributed by atoms with E-state index in [1.807, 2.05) is 12.1 Å². The van der Waals surface area contributed by atoms with Crippen LogP contribution in [-0.2, 0) is 6.42 Å². The van der Waals surface area contributed by atoms with E-state index in [0.717, 1.165) is 48.5 Å². The van der Waals surface area contributed by atoms with Gasteiger partial charge in [-0.05, 0) is 96.4 Å². The highest BCUT2D eigenvalue weighted by atomic mass is 16.7. The SMILES string of the molecule is COc1ccc2c(c1)CC[C@H]1[C@H]2CC[C@@]2(C)[C@@H](O)/C(=C/c3ccc4c(c3)OCO4)C[C@@H]12. The van der Waals surface area contributed by atoms with E-state index in [4.69, 9.17) is 14.2 Å². The van der Waals surface area contributed by atoms with E-state index >= 15 is 0 Å². The van der Waals surface area contributed by atoms with Crippen LogP contribution < -0.4 is 14.2 Å². The molecule has 2 aromatic carbocycles. The number of ether oxygens (including phenoxy) is 3. The van der Waals surface area contributed by atoms with Crippen molar-refractivity contribution in [3.05, 3.63) is 58.7 Å². The molecule has 6 rings (SSSR count). The molecule has 4 heteroatoms. The zero-order chi connectivity index (χ0) is 21.2. The third-order valence-corrected chi connectivity index (χ3v) is 8.55. The predicted molar refractivity (Wildman–Crippen MR) is 120 cm³/mol. The van der Waals surface area contributed by atoms with Crippen molar-refractivity contribution >= 4 is 6.08 Å². The average Bonchev–Trinajstić information content (AvgIpc) is 3.36. The zero-order valence-electron chi connectivity index (χ0n) is 18.3. The Bertz CT molecular complexity index is 1060. The molecule has 4 nitrogen and oxygen atoms in total. The number of hydrogen-bond acceptors (Lipinski definition) is 4. The van der Waals surface area contributed by atoms with Crippen LogP contribution in [0.5, 0.6) is 17.2 Å². The van der Waals surface area contributed by atoms with E-state index in [2.05, 4.69) is 37.3 Å². The monoisotopic (exact) mass is 418 g/mol. The molecule has 0 aromatic heterocycles. The molecule has 1 aliphatic heterocycles. The topological polar surface area (TPSA) is 47.9 Å². The number of fused-ring (bicyclic) bond motifs is 6. The minimum absolute atomic E-state index is 0.0344. The summed E-state index contributed by atoms with van der Waals surface area (Å²) >= 11 is 0. The van der Waals surface area contributed by atoms with Gasteiger partial charge in [0.05, 0.1) is 13.2 Å². The number of aliphatic hydroxyl groups excluding tert-OH is 1. The first-order valence-electron chi connectivity index (χ1n) is 11.5. The first kappa shape index (κ1) is 19.2. The smallest absolute Gasteiger partial charge is 0.231 e. The third-order valence-electron chi connectivity index (χ3n) is 8.55. The lowest BCUT2D eigenvalue weighted by Gasteiger charge is -2.49. The van der Waals surface area contributed by atoms with Gasteiger partial charge >= 0.3 is 0 Å². The van der Waals surface area contributed by atoms with Crippen molar-refractivity contribution in [3.8, 4) is 17.2 Å². The quantitative estimate of drug-likeness (QED) is 0.716. The summed E-state index contributed by atoms with van der Waals surface area (Å²) in [5.41, 5.74) is 5.19. The summed E-state index contributed by atoms with van der Waals surface area (Å²) in [6.45, 7) is 2.61. The van der Waals surface area contributed by atoms with Crippen molar-refractivity contribution in [2.75, 3.05) is 13.9 Å². The second kappa shape index (κ2) is 7.03. The molecule has 0 spiro atoms. The number of aliphatic hydroxyl groups is 1. The average molecular weight is 419 g/mol. The molecule has 3 aliphatic carbocycles. The molecule has 162 valence electrons. The fraction of sp³-hybridized carbons (Fsp3) is 0.481. The Morgan fingerprint density at radius 3 is 2.84 bits per heavy atom. The van der Waals surface area contributed by atoms with Crippen LogP contribution in [0.1, 0.15) is 55.2 Å². The van der Waals surface area contributed by atoms with Crippen LogP contribution in [0.4, 0.5) is 0 Å². The Hall–Kier alpha value is -2.46. The highest BCUT2D eigenvalue weighted by Crippen LogP contribution is 2.62. The first-order chi connectivity index (χ1) is 15.1. The Kier molecular flexibility index (Phi) is 4.36. The lowest BCUT2D eigenvalue weighted by Crippen LogP contribution is -2.44. The van der Waals surface area contributed by atoms with Crippen LogP contribution >= 0.6 is 0 Å². The fourth-order valence-electron chi connectivity index (χ4n) is 6.90. The van der Waals surface area contributed by atoms with Crippen LogP contribution in [0.2, 0.25) is 0 Å². The molecule has 31 heavy (non-hydrogen) atoms. The van der Waals surface area contributed by atoms with Crippen molar-refractivity contribution in [1.29, 1.82) is 0 Å². The predicted octanol–water partition coefficient (Wildman–Crippen LogP) is 5.33. The maximum atomic E-state index is 11.4. The van der Waals surface area contributed by atoms with Crippen LogP contribution in [0.15, 0.2) is 42.0 Å². The molecule has 0 saturated heterocycles. The van der Waals surface area contributed by atoms with Crippen LogP contribution in [-0.4, -0.2) is 25.1 Å².